The molecular formula is C13H18O2. The second kappa shape index (κ2) is 6.38. The van der Waals surface area contributed by atoms with Gasteiger partial charge >= 0.3 is 0 Å². The van der Waals surface area contributed by atoms with Crippen LogP contribution < -0.4 is 0 Å². The lowest BCUT2D eigenvalue weighted by atomic mass is 10.1. The van der Waals surface area contributed by atoms with E-state index >= 15 is 0 Å². The van der Waals surface area contributed by atoms with Crippen LogP contribution in [0.1, 0.15) is 12.5 Å². The number of hydrogen-bond donors (Lipinski definition) is 1. The maximum atomic E-state index is 8.87. The highest BCUT2D eigenvalue weighted by molar-refractivity contribution is 5.13. The Kier molecular flexibility index (Phi) is 5.08. The summed E-state index contributed by atoms with van der Waals surface area (Å²) in [5.74, 6) is 0.207. The molecule has 0 bridgehead atoms. The van der Waals surface area contributed by atoms with E-state index in [4.69, 9.17) is 9.84 Å². The zero-order chi connectivity index (χ0) is 11.1. The first-order valence-electron chi connectivity index (χ1n) is 5.14. The molecular weight excluding hydrogens is 188 g/mol. The fraction of sp³-hybridized carbons (Fsp3) is 0.385. The molecule has 2 heteroatoms. The highest BCUT2D eigenvalue weighted by atomic mass is 16.5. The van der Waals surface area contributed by atoms with Gasteiger partial charge in [-0.25, -0.2) is 0 Å². The monoisotopic (exact) mass is 206 g/mol. The zero-order valence-electron chi connectivity index (χ0n) is 9.15. The molecule has 0 aliphatic carbocycles. The van der Waals surface area contributed by atoms with E-state index in [1.165, 1.54) is 5.56 Å². The van der Waals surface area contributed by atoms with Crippen molar-refractivity contribution in [3.63, 3.8) is 0 Å². The Morgan fingerprint density at radius 1 is 1.40 bits per heavy atom. The predicted octanol–water partition coefficient (Wildman–Crippen LogP) is 2.39. The lowest BCUT2D eigenvalue weighted by molar-refractivity contribution is 0.0980. The van der Waals surface area contributed by atoms with Crippen molar-refractivity contribution in [3.8, 4) is 0 Å². The van der Waals surface area contributed by atoms with Crippen LogP contribution in [0.5, 0.6) is 0 Å². The van der Waals surface area contributed by atoms with Gasteiger partial charge in [-0.2, -0.15) is 0 Å². The number of rotatable bonds is 6. The lowest BCUT2D eigenvalue weighted by Crippen LogP contribution is -2.10. The van der Waals surface area contributed by atoms with Gasteiger partial charge in [-0.3, -0.25) is 0 Å². The molecule has 0 aliphatic rings. The minimum Gasteiger partial charge on any atom is -0.392 e. The highest BCUT2D eigenvalue weighted by Gasteiger charge is 2.05. The van der Waals surface area contributed by atoms with Gasteiger partial charge in [0, 0.05) is 5.92 Å². The number of hydrogen-bond acceptors (Lipinski definition) is 2. The standard InChI is InChI=1S/C13H18O2/c1-11(8-14)12(2)9-15-10-13-6-4-3-5-7-13/h3-7,12,14H,1,8-10H2,2H3/t12-/m1/s1. The van der Waals surface area contributed by atoms with Gasteiger partial charge in [0.25, 0.3) is 0 Å². The Hall–Kier alpha value is -1.12. The van der Waals surface area contributed by atoms with Crippen molar-refractivity contribution in [2.75, 3.05) is 13.2 Å². The van der Waals surface area contributed by atoms with E-state index in [2.05, 4.69) is 6.58 Å². The van der Waals surface area contributed by atoms with Gasteiger partial charge in [-0.1, -0.05) is 43.8 Å². The predicted molar refractivity (Wildman–Crippen MR) is 61.5 cm³/mol. The third-order valence-corrected chi connectivity index (χ3v) is 2.38. The van der Waals surface area contributed by atoms with E-state index in [9.17, 15) is 0 Å². The molecule has 1 aromatic carbocycles. The van der Waals surface area contributed by atoms with E-state index in [-0.39, 0.29) is 12.5 Å². The van der Waals surface area contributed by atoms with Crippen molar-refractivity contribution in [2.45, 2.75) is 13.5 Å². The van der Waals surface area contributed by atoms with Crippen molar-refractivity contribution in [1.82, 2.24) is 0 Å². The van der Waals surface area contributed by atoms with E-state index in [1.807, 2.05) is 37.3 Å². The van der Waals surface area contributed by atoms with Gasteiger partial charge in [0.15, 0.2) is 0 Å². The molecule has 1 rings (SSSR count). The van der Waals surface area contributed by atoms with Gasteiger partial charge in [0.05, 0.1) is 19.8 Å². The normalized spacial score (nSPS) is 12.4. The summed E-state index contributed by atoms with van der Waals surface area (Å²) >= 11 is 0. The van der Waals surface area contributed by atoms with Crippen molar-refractivity contribution < 1.29 is 9.84 Å². The number of aliphatic hydroxyl groups excluding tert-OH is 1. The Bertz CT molecular complexity index is 293. The van der Waals surface area contributed by atoms with E-state index in [1.54, 1.807) is 0 Å². The molecule has 1 N–H and O–H groups in total. The maximum absolute atomic E-state index is 8.87. The van der Waals surface area contributed by atoms with Gasteiger partial charge in [0.1, 0.15) is 0 Å². The van der Waals surface area contributed by atoms with Crippen LogP contribution in [0.15, 0.2) is 42.5 Å². The summed E-state index contributed by atoms with van der Waals surface area (Å²) in [6.45, 7) is 7.03. The fourth-order valence-corrected chi connectivity index (χ4v) is 1.20. The first-order chi connectivity index (χ1) is 7.24. The molecule has 0 radical (unpaired) electrons. The van der Waals surface area contributed by atoms with Crippen LogP contribution in [0, 0.1) is 5.92 Å². The maximum Gasteiger partial charge on any atom is 0.0717 e. The molecule has 0 amide bonds. The van der Waals surface area contributed by atoms with E-state index in [0.29, 0.717) is 13.2 Å². The molecule has 0 heterocycles. The van der Waals surface area contributed by atoms with Gasteiger partial charge < -0.3 is 9.84 Å². The molecule has 1 atom stereocenters. The van der Waals surface area contributed by atoms with Crippen molar-refractivity contribution in [3.05, 3.63) is 48.0 Å². The molecule has 1 aromatic rings. The third-order valence-electron chi connectivity index (χ3n) is 2.38. The van der Waals surface area contributed by atoms with Crippen LogP contribution >= 0.6 is 0 Å². The van der Waals surface area contributed by atoms with Crippen molar-refractivity contribution >= 4 is 0 Å². The lowest BCUT2D eigenvalue weighted by Gasteiger charge is -2.12. The topological polar surface area (TPSA) is 29.5 Å². The summed E-state index contributed by atoms with van der Waals surface area (Å²) in [5.41, 5.74) is 1.99. The first-order valence-corrected chi connectivity index (χ1v) is 5.14. The summed E-state index contributed by atoms with van der Waals surface area (Å²) < 4.78 is 5.53. The smallest absolute Gasteiger partial charge is 0.0717 e. The summed E-state index contributed by atoms with van der Waals surface area (Å²) in [6, 6.07) is 10.0. The van der Waals surface area contributed by atoms with Crippen molar-refractivity contribution in [2.24, 2.45) is 5.92 Å². The van der Waals surface area contributed by atoms with Crippen LogP contribution in [0.2, 0.25) is 0 Å². The first kappa shape index (κ1) is 12.0. The minimum absolute atomic E-state index is 0.0376. The summed E-state index contributed by atoms with van der Waals surface area (Å²) in [4.78, 5) is 0. The molecule has 0 unspecified atom stereocenters. The summed E-state index contributed by atoms with van der Waals surface area (Å²) in [5, 5.41) is 8.87. The molecule has 2 nitrogen and oxygen atoms in total. The third kappa shape index (κ3) is 4.28. The van der Waals surface area contributed by atoms with Crippen LogP contribution in [0.3, 0.4) is 0 Å². The van der Waals surface area contributed by atoms with E-state index in [0.717, 1.165) is 5.57 Å². The molecule has 0 spiro atoms. The van der Waals surface area contributed by atoms with Gasteiger partial charge in [-0.05, 0) is 11.1 Å². The minimum atomic E-state index is 0.0376. The van der Waals surface area contributed by atoms with Gasteiger partial charge in [0.2, 0.25) is 0 Å². The summed E-state index contributed by atoms with van der Waals surface area (Å²) in [6.07, 6.45) is 0. The number of ether oxygens (including phenoxy) is 1. The second-order valence-electron chi connectivity index (χ2n) is 3.72. The molecule has 0 aliphatic heterocycles. The molecule has 0 fully saturated rings. The average Bonchev–Trinajstić information content (AvgIpc) is 2.29. The fourth-order valence-electron chi connectivity index (χ4n) is 1.20. The molecule has 0 aromatic heterocycles. The summed E-state index contributed by atoms with van der Waals surface area (Å²) in [7, 11) is 0. The Labute approximate surface area is 91.2 Å². The van der Waals surface area contributed by atoms with Crippen LogP contribution in [0.4, 0.5) is 0 Å². The van der Waals surface area contributed by atoms with Crippen LogP contribution in [-0.4, -0.2) is 18.3 Å². The highest BCUT2D eigenvalue weighted by Crippen LogP contribution is 2.09. The Balaban J connectivity index is 2.25. The zero-order valence-corrected chi connectivity index (χ0v) is 9.15. The number of benzene rings is 1. The molecule has 0 saturated carbocycles. The SMILES string of the molecule is C=C(CO)[C@H](C)COCc1ccccc1. The van der Waals surface area contributed by atoms with Crippen LogP contribution in [0.25, 0.3) is 0 Å². The largest absolute Gasteiger partial charge is 0.392 e. The van der Waals surface area contributed by atoms with Crippen molar-refractivity contribution in [1.29, 1.82) is 0 Å². The van der Waals surface area contributed by atoms with E-state index < -0.39 is 0 Å². The average molecular weight is 206 g/mol. The number of aliphatic hydroxyl groups is 1. The molecule has 15 heavy (non-hydrogen) atoms. The Morgan fingerprint density at radius 3 is 2.67 bits per heavy atom. The molecule has 82 valence electrons. The van der Waals surface area contributed by atoms with Gasteiger partial charge in [-0.15, -0.1) is 0 Å². The Morgan fingerprint density at radius 2 is 2.07 bits per heavy atom. The second-order valence-corrected chi connectivity index (χ2v) is 3.72. The quantitative estimate of drug-likeness (QED) is 0.724. The van der Waals surface area contributed by atoms with Crippen LogP contribution in [-0.2, 0) is 11.3 Å². The molecule has 0 saturated heterocycles.